The van der Waals surface area contributed by atoms with Crippen molar-refractivity contribution in [1.29, 1.82) is 0 Å². The number of hydrogen-bond donors (Lipinski definition) is 0. The minimum absolute atomic E-state index is 0. The largest absolute Gasteiger partial charge is 1.00 e. The molecule has 1 aliphatic rings. The molecular weight excluding hydrogens is 111 g/mol. The SMILES string of the molecule is [Na+].[Si]C1=CC=CC1. The van der Waals surface area contributed by atoms with Gasteiger partial charge in [0.1, 0.15) is 0 Å². The Morgan fingerprint density at radius 2 is 2.29 bits per heavy atom. The summed E-state index contributed by atoms with van der Waals surface area (Å²) in [4.78, 5) is 0. The Labute approximate surface area is 69.4 Å². The molecule has 0 bridgehead atoms. The molecular formula is C5H5NaSi+. The molecule has 0 spiro atoms. The molecule has 0 aliphatic heterocycles. The van der Waals surface area contributed by atoms with Gasteiger partial charge in [-0.05, 0) is 6.42 Å². The van der Waals surface area contributed by atoms with Crippen LogP contribution >= 0.6 is 0 Å². The molecule has 0 saturated carbocycles. The molecule has 0 aromatic carbocycles. The van der Waals surface area contributed by atoms with E-state index in [9.17, 15) is 0 Å². The fourth-order valence-corrected chi connectivity index (χ4v) is 0.661. The zero-order valence-corrected chi connectivity index (χ0v) is 7.44. The van der Waals surface area contributed by atoms with Gasteiger partial charge in [-0.3, -0.25) is 0 Å². The third kappa shape index (κ3) is 2.49. The van der Waals surface area contributed by atoms with Gasteiger partial charge in [0.05, 0.1) is 10.2 Å². The predicted molar refractivity (Wildman–Crippen MR) is 27.6 cm³/mol. The van der Waals surface area contributed by atoms with E-state index < -0.39 is 0 Å². The molecule has 0 aromatic heterocycles. The Hall–Kier alpha value is 0.697. The van der Waals surface area contributed by atoms with Crippen molar-refractivity contribution < 1.29 is 29.6 Å². The molecule has 7 heavy (non-hydrogen) atoms. The van der Waals surface area contributed by atoms with E-state index in [2.05, 4.69) is 22.4 Å². The summed E-state index contributed by atoms with van der Waals surface area (Å²) in [6, 6.07) is 0. The van der Waals surface area contributed by atoms with Gasteiger partial charge in [0.25, 0.3) is 0 Å². The summed E-state index contributed by atoms with van der Waals surface area (Å²) in [6.07, 6.45) is 7.29. The van der Waals surface area contributed by atoms with E-state index in [1.807, 2.05) is 6.08 Å². The summed E-state index contributed by atoms with van der Waals surface area (Å²) in [5.41, 5.74) is 0. The maximum absolute atomic E-state index is 3.38. The smallest absolute Gasteiger partial charge is 0.0847 e. The maximum atomic E-state index is 3.38. The molecule has 0 fully saturated rings. The van der Waals surface area contributed by atoms with Gasteiger partial charge in [-0.25, -0.2) is 0 Å². The van der Waals surface area contributed by atoms with Crippen LogP contribution in [-0.2, 0) is 0 Å². The van der Waals surface area contributed by atoms with Crippen molar-refractivity contribution in [1.82, 2.24) is 0 Å². The second-order valence-electron chi connectivity index (χ2n) is 1.32. The fourth-order valence-electron chi connectivity index (χ4n) is 0.447. The minimum Gasteiger partial charge on any atom is -0.0847 e. The van der Waals surface area contributed by atoms with Gasteiger partial charge in [-0.2, -0.15) is 0 Å². The average molecular weight is 116 g/mol. The van der Waals surface area contributed by atoms with Gasteiger partial charge in [-0.15, -0.1) is 0 Å². The van der Waals surface area contributed by atoms with Crippen LogP contribution in [0.1, 0.15) is 6.42 Å². The zero-order chi connectivity index (χ0) is 4.41. The van der Waals surface area contributed by atoms with E-state index in [0.29, 0.717) is 0 Å². The average Bonchev–Trinajstić information content (AvgIpc) is 1.86. The monoisotopic (exact) mass is 116 g/mol. The van der Waals surface area contributed by atoms with Crippen LogP contribution in [0.3, 0.4) is 0 Å². The van der Waals surface area contributed by atoms with Crippen molar-refractivity contribution in [3.05, 3.63) is 23.4 Å². The first-order chi connectivity index (χ1) is 2.89. The third-order valence-corrected chi connectivity index (χ3v) is 1.14. The molecule has 0 saturated heterocycles. The van der Waals surface area contributed by atoms with Crippen molar-refractivity contribution in [2.75, 3.05) is 0 Å². The second-order valence-corrected chi connectivity index (χ2v) is 1.97. The van der Waals surface area contributed by atoms with Crippen molar-refractivity contribution in [3.8, 4) is 0 Å². The number of allylic oxidation sites excluding steroid dienone is 4. The van der Waals surface area contributed by atoms with Crippen LogP contribution < -0.4 is 29.6 Å². The molecule has 0 unspecified atom stereocenters. The number of hydrogen-bond acceptors (Lipinski definition) is 0. The van der Waals surface area contributed by atoms with Crippen LogP contribution in [0.15, 0.2) is 23.4 Å². The first kappa shape index (κ1) is 7.70. The van der Waals surface area contributed by atoms with E-state index in [0.717, 1.165) is 6.42 Å². The first-order valence-electron chi connectivity index (χ1n) is 1.97. The summed E-state index contributed by atoms with van der Waals surface area (Å²) in [7, 11) is 3.38. The Morgan fingerprint density at radius 3 is 2.43 bits per heavy atom. The van der Waals surface area contributed by atoms with E-state index in [4.69, 9.17) is 0 Å². The Balaban J connectivity index is 0.000000360. The van der Waals surface area contributed by atoms with Gasteiger partial charge >= 0.3 is 29.6 Å². The summed E-state index contributed by atoms with van der Waals surface area (Å²) < 4.78 is 0. The summed E-state index contributed by atoms with van der Waals surface area (Å²) >= 11 is 0. The zero-order valence-electron chi connectivity index (χ0n) is 4.44. The third-order valence-electron chi connectivity index (χ3n) is 0.771. The molecule has 0 nitrogen and oxygen atoms in total. The number of rotatable bonds is 0. The predicted octanol–water partition coefficient (Wildman–Crippen LogP) is -2.00. The Bertz CT molecular complexity index is 105. The van der Waals surface area contributed by atoms with Gasteiger partial charge in [0.15, 0.2) is 0 Å². The fraction of sp³-hybridized carbons (Fsp3) is 0.200. The van der Waals surface area contributed by atoms with Crippen molar-refractivity contribution in [2.45, 2.75) is 6.42 Å². The molecule has 29 valence electrons. The summed E-state index contributed by atoms with van der Waals surface area (Å²) in [5, 5.41) is 1.27. The molecule has 0 atom stereocenters. The summed E-state index contributed by atoms with van der Waals surface area (Å²) in [6.45, 7) is 0. The van der Waals surface area contributed by atoms with E-state index in [1.165, 1.54) is 5.20 Å². The standard InChI is InChI=1S/C5H5Si.Na/c6-5-3-1-2-4-5;/h1-3H,4H2;/q;+1. The molecule has 2 heteroatoms. The van der Waals surface area contributed by atoms with Crippen molar-refractivity contribution >= 4 is 10.2 Å². The van der Waals surface area contributed by atoms with E-state index >= 15 is 0 Å². The van der Waals surface area contributed by atoms with Gasteiger partial charge in [-0.1, -0.05) is 23.4 Å². The molecule has 1 rings (SSSR count). The Kier molecular flexibility index (Phi) is 4.03. The molecule has 0 aromatic rings. The van der Waals surface area contributed by atoms with Gasteiger partial charge < -0.3 is 0 Å². The maximum Gasteiger partial charge on any atom is 1.00 e. The van der Waals surface area contributed by atoms with Gasteiger partial charge in [0, 0.05) is 0 Å². The van der Waals surface area contributed by atoms with Crippen LogP contribution in [-0.4, -0.2) is 10.2 Å². The molecule has 1 aliphatic carbocycles. The topological polar surface area (TPSA) is 0 Å². The van der Waals surface area contributed by atoms with Crippen LogP contribution in [0.2, 0.25) is 0 Å². The first-order valence-corrected chi connectivity index (χ1v) is 2.47. The van der Waals surface area contributed by atoms with Crippen molar-refractivity contribution in [3.63, 3.8) is 0 Å². The molecule has 0 heterocycles. The van der Waals surface area contributed by atoms with E-state index in [1.54, 1.807) is 0 Å². The second kappa shape index (κ2) is 3.67. The van der Waals surface area contributed by atoms with Gasteiger partial charge in [0.2, 0.25) is 0 Å². The van der Waals surface area contributed by atoms with Crippen LogP contribution in [0.5, 0.6) is 0 Å². The summed E-state index contributed by atoms with van der Waals surface area (Å²) in [5.74, 6) is 0. The van der Waals surface area contributed by atoms with Crippen LogP contribution in [0.25, 0.3) is 0 Å². The van der Waals surface area contributed by atoms with Crippen LogP contribution in [0, 0.1) is 0 Å². The van der Waals surface area contributed by atoms with Crippen LogP contribution in [0.4, 0.5) is 0 Å². The van der Waals surface area contributed by atoms with E-state index in [-0.39, 0.29) is 29.6 Å². The molecule has 0 N–H and O–H groups in total. The normalized spacial score (nSPS) is 15.9. The minimum atomic E-state index is 0. The quantitative estimate of drug-likeness (QED) is 0.321. The Morgan fingerprint density at radius 1 is 1.57 bits per heavy atom. The van der Waals surface area contributed by atoms with Crippen molar-refractivity contribution in [2.24, 2.45) is 0 Å². The molecule has 3 radical (unpaired) electrons. The molecule has 0 amide bonds.